The molecule has 1 heterocycles. The fourth-order valence-corrected chi connectivity index (χ4v) is 3.04. The van der Waals surface area contributed by atoms with Gasteiger partial charge in [-0.3, -0.25) is 4.79 Å². The molecule has 0 unspecified atom stereocenters. The van der Waals surface area contributed by atoms with Crippen LogP contribution < -0.4 is 5.32 Å². The molecule has 1 atom stereocenters. The summed E-state index contributed by atoms with van der Waals surface area (Å²) in [5.41, 5.74) is 1.21. The van der Waals surface area contributed by atoms with Gasteiger partial charge in [-0.2, -0.15) is 0 Å². The van der Waals surface area contributed by atoms with Gasteiger partial charge in [-0.05, 0) is 18.4 Å². The maximum atomic E-state index is 11.7. The van der Waals surface area contributed by atoms with Crippen molar-refractivity contribution in [1.82, 2.24) is 5.32 Å². The summed E-state index contributed by atoms with van der Waals surface area (Å²) in [5, 5.41) is 3.05. The molecule has 1 aromatic carbocycles. The average Bonchev–Trinajstić information content (AvgIpc) is 2.79. The molecule has 0 bridgehead atoms. The van der Waals surface area contributed by atoms with Gasteiger partial charge < -0.3 is 5.32 Å². The number of β-lactam (4-membered cyclic amide) rings is 1. The van der Waals surface area contributed by atoms with Crippen LogP contribution in [0.25, 0.3) is 0 Å². The summed E-state index contributed by atoms with van der Waals surface area (Å²) in [4.78, 5) is 11.7. The molecule has 78 valence electrons. The van der Waals surface area contributed by atoms with Crippen molar-refractivity contribution in [3.05, 3.63) is 35.9 Å². The number of carbonyl (C=O) groups excluding carboxylic acids is 1. The minimum absolute atomic E-state index is 0.0542. The van der Waals surface area contributed by atoms with Crippen LogP contribution in [0.2, 0.25) is 0 Å². The van der Waals surface area contributed by atoms with Gasteiger partial charge in [0.2, 0.25) is 5.91 Å². The van der Waals surface area contributed by atoms with E-state index in [1.165, 1.54) is 18.4 Å². The zero-order valence-electron chi connectivity index (χ0n) is 8.70. The first-order valence-electron chi connectivity index (χ1n) is 5.69. The van der Waals surface area contributed by atoms with Gasteiger partial charge in [0.05, 0.1) is 11.5 Å². The predicted octanol–water partition coefficient (Wildman–Crippen LogP) is 2.42. The van der Waals surface area contributed by atoms with E-state index in [4.69, 9.17) is 0 Å². The number of rotatable bonds is 1. The second kappa shape index (κ2) is 3.09. The Morgan fingerprint density at radius 3 is 2.40 bits per heavy atom. The van der Waals surface area contributed by atoms with Crippen molar-refractivity contribution in [3.8, 4) is 0 Å². The number of amides is 1. The Kier molecular flexibility index (Phi) is 1.84. The molecule has 15 heavy (non-hydrogen) atoms. The lowest BCUT2D eigenvalue weighted by Crippen LogP contribution is -2.59. The van der Waals surface area contributed by atoms with E-state index < -0.39 is 0 Å². The fraction of sp³-hybridized carbons (Fsp3) is 0.462. The van der Waals surface area contributed by atoms with Gasteiger partial charge in [-0.1, -0.05) is 43.2 Å². The van der Waals surface area contributed by atoms with E-state index in [1.54, 1.807) is 0 Å². The van der Waals surface area contributed by atoms with Gasteiger partial charge >= 0.3 is 0 Å². The Morgan fingerprint density at radius 2 is 1.80 bits per heavy atom. The second-order valence-electron chi connectivity index (χ2n) is 4.68. The quantitative estimate of drug-likeness (QED) is 0.695. The third-order valence-electron chi connectivity index (χ3n) is 3.91. The topological polar surface area (TPSA) is 29.1 Å². The zero-order chi connectivity index (χ0) is 10.3. The number of hydrogen-bond donors (Lipinski definition) is 1. The number of carbonyl (C=O) groups is 1. The lowest BCUT2D eigenvalue weighted by molar-refractivity contribution is -0.145. The predicted molar refractivity (Wildman–Crippen MR) is 58.2 cm³/mol. The number of benzene rings is 1. The van der Waals surface area contributed by atoms with Crippen LogP contribution in [0.15, 0.2) is 30.3 Å². The van der Waals surface area contributed by atoms with Gasteiger partial charge in [0, 0.05) is 0 Å². The summed E-state index contributed by atoms with van der Waals surface area (Å²) in [5.74, 6) is 0.272. The minimum atomic E-state index is -0.0542. The van der Waals surface area contributed by atoms with Crippen molar-refractivity contribution >= 4 is 5.91 Å². The van der Waals surface area contributed by atoms with Crippen LogP contribution in [0, 0.1) is 5.41 Å². The first-order valence-corrected chi connectivity index (χ1v) is 5.69. The highest BCUT2D eigenvalue weighted by molar-refractivity contribution is 5.90. The third kappa shape index (κ3) is 1.14. The summed E-state index contributed by atoms with van der Waals surface area (Å²) >= 11 is 0. The van der Waals surface area contributed by atoms with Crippen molar-refractivity contribution < 1.29 is 4.79 Å². The molecule has 1 saturated carbocycles. The summed E-state index contributed by atoms with van der Waals surface area (Å²) < 4.78 is 0. The fourth-order valence-electron chi connectivity index (χ4n) is 3.04. The molecule has 1 aliphatic carbocycles. The molecule has 2 nitrogen and oxygen atoms in total. The van der Waals surface area contributed by atoms with Crippen LogP contribution in [0.3, 0.4) is 0 Å². The maximum Gasteiger partial charge on any atom is 0.229 e. The van der Waals surface area contributed by atoms with Gasteiger partial charge in [0.15, 0.2) is 0 Å². The molecule has 1 N–H and O–H groups in total. The molecule has 1 aromatic rings. The van der Waals surface area contributed by atoms with E-state index in [2.05, 4.69) is 17.4 Å². The third-order valence-corrected chi connectivity index (χ3v) is 3.91. The van der Waals surface area contributed by atoms with Crippen LogP contribution in [0.4, 0.5) is 0 Å². The highest BCUT2D eigenvalue weighted by Crippen LogP contribution is 2.53. The van der Waals surface area contributed by atoms with E-state index in [0.29, 0.717) is 0 Å². The van der Waals surface area contributed by atoms with E-state index in [0.717, 1.165) is 12.8 Å². The van der Waals surface area contributed by atoms with Crippen molar-refractivity contribution in [2.75, 3.05) is 0 Å². The standard InChI is InChI=1S/C13H15NO/c15-12-13(8-4-5-9-13)11(14-12)10-6-2-1-3-7-10/h1-3,6-7,11H,4-5,8-9H2,(H,14,15)/t11-/m1/s1. The van der Waals surface area contributed by atoms with Crippen molar-refractivity contribution in [2.45, 2.75) is 31.7 Å². The maximum absolute atomic E-state index is 11.7. The van der Waals surface area contributed by atoms with Crippen LogP contribution in [0.1, 0.15) is 37.3 Å². The molecule has 2 aliphatic rings. The lowest BCUT2D eigenvalue weighted by Gasteiger charge is -2.46. The monoisotopic (exact) mass is 201 g/mol. The first-order chi connectivity index (χ1) is 7.33. The molecular weight excluding hydrogens is 186 g/mol. The Labute approximate surface area is 89.7 Å². The Balaban J connectivity index is 1.93. The van der Waals surface area contributed by atoms with E-state index in [9.17, 15) is 4.79 Å². The Hall–Kier alpha value is -1.31. The average molecular weight is 201 g/mol. The molecule has 0 aromatic heterocycles. The summed E-state index contributed by atoms with van der Waals surface area (Å²) in [6.07, 6.45) is 4.55. The van der Waals surface area contributed by atoms with Crippen LogP contribution in [0.5, 0.6) is 0 Å². The molecule has 2 fully saturated rings. The molecule has 1 spiro atoms. The molecule has 1 saturated heterocycles. The smallest absolute Gasteiger partial charge is 0.229 e. The van der Waals surface area contributed by atoms with Crippen LogP contribution in [-0.2, 0) is 4.79 Å². The second-order valence-corrected chi connectivity index (χ2v) is 4.68. The zero-order valence-corrected chi connectivity index (χ0v) is 8.70. The Morgan fingerprint density at radius 1 is 1.13 bits per heavy atom. The first kappa shape index (κ1) is 8.96. The summed E-state index contributed by atoms with van der Waals surface area (Å²) in [6.45, 7) is 0. The Bertz CT molecular complexity index is 379. The van der Waals surface area contributed by atoms with Gasteiger partial charge in [0.1, 0.15) is 0 Å². The molecule has 1 aliphatic heterocycles. The van der Waals surface area contributed by atoms with Gasteiger partial charge in [-0.25, -0.2) is 0 Å². The summed E-state index contributed by atoms with van der Waals surface area (Å²) in [6, 6.07) is 10.6. The minimum Gasteiger partial charge on any atom is -0.348 e. The normalized spacial score (nSPS) is 27.5. The molecule has 2 heteroatoms. The van der Waals surface area contributed by atoms with Crippen LogP contribution >= 0.6 is 0 Å². The lowest BCUT2D eigenvalue weighted by atomic mass is 9.68. The van der Waals surface area contributed by atoms with Crippen LogP contribution in [-0.4, -0.2) is 5.91 Å². The molecule has 0 radical (unpaired) electrons. The van der Waals surface area contributed by atoms with Crippen molar-refractivity contribution in [1.29, 1.82) is 0 Å². The number of hydrogen-bond acceptors (Lipinski definition) is 1. The van der Waals surface area contributed by atoms with Gasteiger partial charge in [0.25, 0.3) is 0 Å². The number of nitrogens with one attached hydrogen (secondary N) is 1. The summed E-state index contributed by atoms with van der Waals surface area (Å²) in [7, 11) is 0. The van der Waals surface area contributed by atoms with E-state index in [-0.39, 0.29) is 17.4 Å². The van der Waals surface area contributed by atoms with Crippen molar-refractivity contribution in [2.24, 2.45) is 5.41 Å². The highest BCUT2D eigenvalue weighted by atomic mass is 16.2. The van der Waals surface area contributed by atoms with E-state index in [1.807, 2.05) is 18.2 Å². The molecule has 1 amide bonds. The van der Waals surface area contributed by atoms with Gasteiger partial charge in [-0.15, -0.1) is 0 Å². The van der Waals surface area contributed by atoms with E-state index >= 15 is 0 Å². The van der Waals surface area contributed by atoms with Crippen molar-refractivity contribution in [3.63, 3.8) is 0 Å². The molecule has 3 rings (SSSR count). The largest absolute Gasteiger partial charge is 0.348 e. The highest BCUT2D eigenvalue weighted by Gasteiger charge is 2.56. The SMILES string of the molecule is O=C1N[C@H](c2ccccc2)C12CCCC2. The molecular formula is C13H15NO.